The molecule has 1 fully saturated rings. The minimum atomic E-state index is -3.64. The third-order valence-electron chi connectivity index (χ3n) is 3.41. The number of halogens is 1. The molecule has 1 saturated heterocycles. The smallest absolute Gasteiger partial charge is 0.244 e. The van der Waals surface area contributed by atoms with Gasteiger partial charge >= 0.3 is 0 Å². The molecule has 20 heavy (non-hydrogen) atoms. The molecule has 0 bridgehead atoms. The lowest BCUT2D eigenvalue weighted by atomic mass is 10.3. The quantitative estimate of drug-likeness (QED) is 0.618. The molecule has 1 aromatic rings. The highest BCUT2D eigenvalue weighted by atomic mass is 35.5. The van der Waals surface area contributed by atoms with E-state index in [1.54, 1.807) is 6.07 Å². The van der Waals surface area contributed by atoms with E-state index in [2.05, 4.69) is 9.62 Å². The number of anilines is 1. The fraction of sp³-hybridized carbons (Fsp3) is 0.538. The molecule has 112 valence electrons. The van der Waals surface area contributed by atoms with Gasteiger partial charge < -0.3 is 10.6 Å². The molecule has 7 heteroatoms. The van der Waals surface area contributed by atoms with Gasteiger partial charge in [-0.15, -0.1) is 0 Å². The molecule has 0 radical (unpaired) electrons. The second-order valence-corrected chi connectivity index (χ2v) is 7.07. The molecule has 2 rings (SSSR count). The van der Waals surface area contributed by atoms with Crippen LogP contribution in [0.15, 0.2) is 23.1 Å². The van der Waals surface area contributed by atoms with Gasteiger partial charge in [-0.25, -0.2) is 13.1 Å². The Balaban J connectivity index is 1.90. The number of benzene rings is 1. The Morgan fingerprint density at radius 3 is 2.65 bits per heavy atom. The molecule has 0 aliphatic carbocycles. The van der Waals surface area contributed by atoms with Gasteiger partial charge in [0.15, 0.2) is 0 Å². The first-order valence-electron chi connectivity index (χ1n) is 6.77. The Morgan fingerprint density at radius 1 is 1.30 bits per heavy atom. The van der Waals surface area contributed by atoms with Crippen molar-refractivity contribution < 1.29 is 8.42 Å². The molecule has 0 amide bonds. The first-order chi connectivity index (χ1) is 9.50. The number of likely N-dealkylation sites (tertiary alicyclic amines) is 1. The normalized spacial score (nSPS) is 16.6. The van der Waals surface area contributed by atoms with Gasteiger partial charge in [-0.05, 0) is 51.0 Å². The van der Waals surface area contributed by atoms with Crippen LogP contribution in [0.3, 0.4) is 0 Å². The van der Waals surface area contributed by atoms with Crippen molar-refractivity contribution in [3.63, 3.8) is 0 Å². The van der Waals surface area contributed by atoms with Crippen LogP contribution in [0.4, 0.5) is 5.69 Å². The topological polar surface area (TPSA) is 75.4 Å². The molecule has 0 saturated carbocycles. The summed E-state index contributed by atoms with van der Waals surface area (Å²) in [5, 5.41) is 0.150. The zero-order valence-corrected chi connectivity index (χ0v) is 12.9. The number of nitrogens with zero attached hydrogens (tertiary/aromatic N) is 1. The Hall–Kier alpha value is -0.820. The van der Waals surface area contributed by atoms with Crippen LogP contribution in [0.2, 0.25) is 5.02 Å². The van der Waals surface area contributed by atoms with E-state index in [1.807, 2.05) is 0 Å². The Bertz CT molecular complexity index is 536. The minimum Gasteiger partial charge on any atom is -0.398 e. The number of nitrogen functional groups attached to an aromatic ring is 1. The third kappa shape index (κ3) is 3.85. The highest BCUT2D eigenvalue weighted by Crippen LogP contribution is 2.26. The van der Waals surface area contributed by atoms with Crippen molar-refractivity contribution in [3.05, 3.63) is 23.2 Å². The first kappa shape index (κ1) is 15.6. The van der Waals surface area contributed by atoms with Gasteiger partial charge in [-0.3, -0.25) is 0 Å². The minimum absolute atomic E-state index is 0.0251. The largest absolute Gasteiger partial charge is 0.398 e. The zero-order valence-electron chi connectivity index (χ0n) is 11.3. The number of sulfonamides is 1. The van der Waals surface area contributed by atoms with Crippen molar-refractivity contribution in [2.24, 2.45) is 0 Å². The number of nitrogens with one attached hydrogen (secondary N) is 1. The summed E-state index contributed by atoms with van der Waals surface area (Å²) in [6, 6.07) is 4.69. The molecule has 3 N–H and O–H groups in total. The molecular weight excluding hydrogens is 298 g/mol. The van der Waals surface area contributed by atoms with Crippen LogP contribution < -0.4 is 10.5 Å². The molecule has 0 atom stereocenters. The maximum atomic E-state index is 12.2. The molecular formula is C13H20ClN3O2S. The Kier molecular flexibility index (Phi) is 5.26. The average molecular weight is 318 g/mol. The molecule has 5 nitrogen and oxygen atoms in total. The molecule has 1 aromatic carbocycles. The molecule has 1 aliphatic heterocycles. The summed E-state index contributed by atoms with van der Waals surface area (Å²) in [6.45, 7) is 3.54. The van der Waals surface area contributed by atoms with E-state index < -0.39 is 10.0 Å². The molecule has 0 aromatic heterocycles. The van der Waals surface area contributed by atoms with E-state index in [1.165, 1.54) is 25.0 Å². The number of nitrogens with two attached hydrogens (primary N) is 1. The SMILES string of the molecule is Nc1cccc(Cl)c1S(=O)(=O)NCCCN1CCCC1. The summed E-state index contributed by atoms with van der Waals surface area (Å²) in [5.74, 6) is 0. The summed E-state index contributed by atoms with van der Waals surface area (Å²) in [7, 11) is -3.64. The maximum absolute atomic E-state index is 12.2. The lowest BCUT2D eigenvalue weighted by molar-refractivity contribution is 0.334. The van der Waals surface area contributed by atoms with Gasteiger partial charge in [-0.2, -0.15) is 0 Å². The summed E-state index contributed by atoms with van der Waals surface area (Å²) in [6.07, 6.45) is 3.26. The van der Waals surface area contributed by atoms with Gasteiger partial charge in [0.1, 0.15) is 4.90 Å². The van der Waals surface area contributed by atoms with E-state index in [-0.39, 0.29) is 15.6 Å². The predicted molar refractivity (Wildman–Crippen MR) is 81.3 cm³/mol. The van der Waals surface area contributed by atoms with Gasteiger partial charge in [0.2, 0.25) is 10.0 Å². The van der Waals surface area contributed by atoms with Crippen molar-refractivity contribution in [3.8, 4) is 0 Å². The van der Waals surface area contributed by atoms with Gasteiger partial charge in [-0.1, -0.05) is 17.7 Å². The van der Waals surface area contributed by atoms with Crippen LogP contribution in [0.25, 0.3) is 0 Å². The van der Waals surface area contributed by atoms with E-state index in [0.717, 1.165) is 26.1 Å². The van der Waals surface area contributed by atoms with Crippen molar-refractivity contribution in [2.45, 2.75) is 24.2 Å². The standard InChI is InChI=1S/C13H20ClN3O2S/c14-11-5-3-6-12(15)13(11)20(18,19)16-7-4-10-17-8-1-2-9-17/h3,5-6,16H,1-2,4,7-10,15H2. The highest BCUT2D eigenvalue weighted by Gasteiger charge is 2.20. The maximum Gasteiger partial charge on any atom is 0.244 e. The van der Waals surface area contributed by atoms with Crippen molar-refractivity contribution in [1.82, 2.24) is 9.62 Å². The zero-order chi connectivity index (χ0) is 14.6. The highest BCUT2D eigenvalue weighted by molar-refractivity contribution is 7.89. The van der Waals surface area contributed by atoms with Crippen LogP contribution in [-0.2, 0) is 10.0 Å². The molecule has 0 spiro atoms. The number of hydrogen-bond donors (Lipinski definition) is 2. The van der Waals surface area contributed by atoms with Gasteiger partial charge in [0.05, 0.1) is 10.7 Å². The third-order valence-corrected chi connectivity index (χ3v) is 5.41. The summed E-state index contributed by atoms with van der Waals surface area (Å²) in [5.41, 5.74) is 5.87. The van der Waals surface area contributed by atoms with Crippen LogP contribution in [0.1, 0.15) is 19.3 Å². The van der Waals surface area contributed by atoms with Gasteiger partial charge in [0, 0.05) is 6.54 Å². The fourth-order valence-corrected chi connectivity index (χ4v) is 4.14. The van der Waals surface area contributed by atoms with Crippen LogP contribution in [-0.4, -0.2) is 39.5 Å². The second kappa shape index (κ2) is 6.76. The van der Waals surface area contributed by atoms with E-state index in [0.29, 0.717) is 6.54 Å². The second-order valence-electron chi connectivity index (χ2n) is 4.96. The average Bonchev–Trinajstić information content (AvgIpc) is 2.87. The molecule has 1 aliphatic rings. The Morgan fingerprint density at radius 2 is 2.00 bits per heavy atom. The summed E-state index contributed by atoms with van der Waals surface area (Å²) < 4.78 is 26.9. The van der Waals surface area contributed by atoms with E-state index >= 15 is 0 Å². The van der Waals surface area contributed by atoms with Crippen LogP contribution in [0, 0.1) is 0 Å². The summed E-state index contributed by atoms with van der Waals surface area (Å²) >= 11 is 5.92. The van der Waals surface area contributed by atoms with E-state index in [9.17, 15) is 8.42 Å². The first-order valence-corrected chi connectivity index (χ1v) is 8.63. The van der Waals surface area contributed by atoms with Crippen LogP contribution >= 0.6 is 11.6 Å². The molecule has 0 unspecified atom stereocenters. The number of rotatable bonds is 6. The van der Waals surface area contributed by atoms with Gasteiger partial charge in [0.25, 0.3) is 0 Å². The number of hydrogen-bond acceptors (Lipinski definition) is 4. The predicted octanol–water partition coefficient (Wildman–Crippen LogP) is 1.69. The van der Waals surface area contributed by atoms with Crippen molar-refractivity contribution in [2.75, 3.05) is 31.9 Å². The fourth-order valence-electron chi connectivity index (χ4n) is 2.40. The monoisotopic (exact) mass is 317 g/mol. The van der Waals surface area contributed by atoms with Crippen molar-refractivity contribution >= 4 is 27.3 Å². The Labute approximate surface area is 125 Å². The van der Waals surface area contributed by atoms with E-state index in [4.69, 9.17) is 17.3 Å². The molecule has 1 heterocycles. The van der Waals surface area contributed by atoms with Crippen LogP contribution in [0.5, 0.6) is 0 Å². The summed E-state index contributed by atoms with van der Waals surface area (Å²) in [4.78, 5) is 2.32. The lowest BCUT2D eigenvalue weighted by Crippen LogP contribution is -2.29. The lowest BCUT2D eigenvalue weighted by Gasteiger charge is -2.15. The van der Waals surface area contributed by atoms with Crippen molar-refractivity contribution in [1.29, 1.82) is 0 Å².